The van der Waals surface area contributed by atoms with E-state index in [0.29, 0.717) is 0 Å². The summed E-state index contributed by atoms with van der Waals surface area (Å²) in [5.41, 5.74) is 1.88. The number of rotatable bonds is 4. The van der Waals surface area contributed by atoms with Crippen LogP contribution in [-0.2, 0) is 0 Å². The molecule has 1 amide bonds. The van der Waals surface area contributed by atoms with E-state index in [1.807, 2.05) is 54.6 Å². The van der Waals surface area contributed by atoms with Crippen LogP contribution in [0.2, 0.25) is 0 Å². The third-order valence-corrected chi connectivity index (χ3v) is 3.97. The van der Waals surface area contributed by atoms with Gasteiger partial charge in [0.25, 0.3) is 5.91 Å². The summed E-state index contributed by atoms with van der Waals surface area (Å²) in [5.74, 6) is -0.0132. The van der Waals surface area contributed by atoms with E-state index in [2.05, 4.69) is 34.8 Å². The Balaban J connectivity index is 2.16. The Labute approximate surface area is 127 Å². The molecule has 1 N–H and O–H groups in total. The first-order chi connectivity index (χ1) is 9.22. The molecular formula is C16H16INO. The van der Waals surface area contributed by atoms with Crippen LogP contribution in [0.15, 0.2) is 54.6 Å². The monoisotopic (exact) mass is 365 g/mol. The highest BCUT2D eigenvalue weighted by molar-refractivity contribution is 14.1. The second kappa shape index (κ2) is 6.70. The first-order valence-corrected chi connectivity index (χ1v) is 7.40. The normalized spacial score (nSPS) is 11.9. The van der Waals surface area contributed by atoms with Crippen LogP contribution in [0.3, 0.4) is 0 Å². The smallest absolute Gasteiger partial charge is 0.252 e. The fraction of sp³-hybridized carbons (Fsp3) is 0.188. The van der Waals surface area contributed by atoms with Gasteiger partial charge < -0.3 is 5.32 Å². The first-order valence-electron chi connectivity index (χ1n) is 6.32. The molecule has 0 fully saturated rings. The lowest BCUT2D eigenvalue weighted by Gasteiger charge is -2.18. The van der Waals surface area contributed by atoms with Crippen LogP contribution < -0.4 is 5.32 Å². The highest BCUT2D eigenvalue weighted by atomic mass is 127. The van der Waals surface area contributed by atoms with Gasteiger partial charge in [-0.2, -0.15) is 0 Å². The molecule has 0 saturated carbocycles. The zero-order valence-electron chi connectivity index (χ0n) is 10.8. The molecule has 0 saturated heterocycles. The Morgan fingerprint density at radius 2 is 1.74 bits per heavy atom. The Kier molecular flexibility index (Phi) is 4.96. The predicted molar refractivity (Wildman–Crippen MR) is 86.1 cm³/mol. The number of carbonyl (C=O) groups excluding carboxylic acids is 1. The van der Waals surface area contributed by atoms with Crippen LogP contribution in [0, 0.1) is 3.57 Å². The Bertz CT molecular complexity index is 554. The fourth-order valence-electron chi connectivity index (χ4n) is 1.99. The van der Waals surface area contributed by atoms with Crippen molar-refractivity contribution in [1.82, 2.24) is 5.32 Å². The molecule has 0 aromatic heterocycles. The van der Waals surface area contributed by atoms with E-state index in [-0.39, 0.29) is 11.9 Å². The maximum absolute atomic E-state index is 12.3. The van der Waals surface area contributed by atoms with E-state index in [4.69, 9.17) is 0 Å². The molecule has 0 spiro atoms. The van der Waals surface area contributed by atoms with Crippen molar-refractivity contribution < 1.29 is 4.79 Å². The number of carbonyl (C=O) groups is 1. The summed E-state index contributed by atoms with van der Waals surface area (Å²) in [6.45, 7) is 2.08. The molecule has 0 aliphatic carbocycles. The highest BCUT2D eigenvalue weighted by Crippen LogP contribution is 2.18. The standard InChI is InChI=1S/C16H16INO/c1-2-15(12-8-4-3-5-9-12)18-16(19)13-10-6-7-11-14(13)17/h3-11,15H,2H2,1H3,(H,18,19)/t15-/m0/s1. The second-order valence-electron chi connectivity index (χ2n) is 4.32. The molecule has 0 bridgehead atoms. The van der Waals surface area contributed by atoms with Crippen LogP contribution in [0.4, 0.5) is 0 Å². The Morgan fingerprint density at radius 1 is 1.11 bits per heavy atom. The quantitative estimate of drug-likeness (QED) is 0.810. The fourth-order valence-corrected chi connectivity index (χ4v) is 2.62. The van der Waals surface area contributed by atoms with E-state index in [9.17, 15) is 4.79 Å². The van der Waals surface area contributed by atoms with Crippen LogP contribution in [0.5, 0.6) is 0 Å². The highest BCUT2D eigenvalue weighted by Gasteiger charge is 2.15. The average Bonchev–Trinajstić information content (AvgIpc) is 2.46. The van der Waals surface area contributed by atoms with Crippen molar-refractivity contribution in [2.75, 3.05) is 0 Å². The predicted octanol–water partition coefficient (Wildman–Crippen LogP) is 4.17. The summed E-state index contributed by atoms with van der Waals surface area (Å²) in [6.07, 6.45) is 0.874. The maximum atomic E-state index is 12.3. The van der Waals surface area contributed by atoms with E-state index >= 15 is 0 Å². The number of amides is 1. The Morgan fingerprint density at radius 3 is 2.37 bits per heavy atom. The molecule has 0 unspecified atom stereocenters. The molecule has 1 atom stereocenters. The van der Waals surface area contributed by atoms with Crippen molar-refractivity contribution in [3.8, 4) is 0 Å². The van der Waals surface area contributed by atoms with Crippen molar-refractivity contribution in [2.24, 2.45) is 0 Å². The Hall–Kier alpha value is -1.36. The molecule has 2 nitrogen and oxygen atoms in total. The third-order valence-electron chi connectivity index (χ3n) is 3.03. The third kappa shape index (κ3) is 3.56. The zero-order valence-corrected chi connectivity index (χ0v) is 12.9. The van der Waals surface area contributed by atoms with Crippen molar-refractivity contribution in [3.05, 3.63) is 69.3 Å². The van der Waals surface area contributed by atoms with Gasteiger partial charge in [0.05, 0.1) is 11.6 Å². The van der Waals surface area contributed by atoms with Gasteiger partial charge in [0.2, 0.25) is 0 Å². The zero-order chi connectivity index (χ0) is 13.7. The molecule has 2 aromatic carbocycles. The maximum Gasteiger partial charge on any atom is 0.252 e. The minimum absolute atomic E-state index is 0.0132. The van der Waals surface area contributed by atoms with Gasteiger partial charge in [-0.15, -0.1) is 0 Å². The van der Waals surface area contributed by atoms with Crippen molar-refractivity contribution in [1.29, 1.82) is 0 Å². The topological polar surface area (TPSA) is 29.1 Å². The lowest BCUT2D eigenvalue weighted by atomic mass is 10.0. The SMILES string of the molecule is CC[C@H](NC(=O)c1ccccc1I)c1ccccc1. The van der Waals surface area contributed by atoms with Gasteiger partial charge in [0, 0.05) is 3.57 Å². The minimum Gasteiger partial charge on any atom is -0.345 e. The van der Waals surface area contributed by atoms with Gasteiger partial charge in [0.1, 0.15) is 0 Å². The van der Waals surface area contributed by atoms with Crippen LogP contribution >= 0.6 is 22.6 Å². The van der Waals surface area contributed by atoms with E-state index in [0.717, 1.165) is 21.1 Å². The molecule has 3 heteroatoms. The average molecular weight is 365 g/mol. The lowest BCUT2D eigenvalue weighted by molar-refractivity contribution is 0.0934. The van der Waals surface area contributed by atoms with E-state index in [1.54, 1.807) is 0 Å². The molecule has 98 valence electrons. The molecule has 0 aliphatic heterocycles. The van der Waals surface area contributed by atoms with Crippen LogP contribution in [0.25, 0.3) is 0 Å². The van der Waals surface area contributed by atoms with Gasteiger partial charge in [-0.1, -0.05) is 49.4 Å². The summed E-state index contributed by atoms with van der Waals surface area (Å²) in [5, 5.41) is 3.10. The summed E-state index contributed by atoms with van der Waals surface area (Å²) in [4.78, 5) is 12.3. The number of hydrogen-bond donors (Lipinski definition) is 1. The number of halogens is 1. The van der Waals surface area contributed by atoms with Gasteiger partial charge in [0.15, 0.2) is 0 Å². The molecule has 19 heavy (non-hydrogen) atoms. The summed E-state index contributed by atoms with van der Waals surface area (Å²) in [6, 6.07) is 17.8. The van der Waals surface area contributed by atoms with Crippen molar-refractivity contribution >= 4 is 28.5 Å². The summed E-state index contributed by atoms with van der Waals surface area (Å²) in [7, 11) is 0. The summed E-state index contributed by atoms with van der Waals surface area (Å²) < 4.78 is 0.973. The van der Waals surface area contributed by atoms with Crippen LogP contribution in [0.1, 0.15) is 35.3 Å². The number of nitrogens with one attached hydrogen (secondary N) is 1. The van der Waals surface area contributed by atoms with Gasteiger partial charge in [-0.3, -0.25) is 4.79 Å². The van der Waals surface area contributed by atoms with Crippen molar-refractivity contribution in [2.45, 2.75) is 19.4 Å². The van der Waals surface area contributed by atoms with Crippen molar-refractivity contribution in [3.63, 3.8) is 0 Å². The first kappa shape index (κ1) is 14.1. The molecule has 2 rings (SSSR count). The molecule has 0 heterocycles. The van der Waals surface area contributed by atoms with Gasteiger partial charge in [-0.25, -0.2) is 0 Å². The lowest BCUT2D eigenvalue weighted by Crippen LogP contribution is -2.28. The molecule has 0 aliphatic rings. The van der Waals surface area contributed by atoms with Crippen LogP contribution in [-0.4, -0.2) is 5.91 Å². The second-order valence-corrected chi connectivity index (χ2v) is 5.49. The van der Waals surface area contributed by atoms with Gasteiger partial charge in [-0.05, 0) is 46.7 Å². The largest absolute Gasteiger partial charge is 0.345 e. The summed E-state index contributed by atoms with van der Waals surface area (Å²) >= 11 is 2.19. The minimum atomic E-state index is -0.0132. The van der Waals surface area contributed by atoms with E-state index in [1.165, 1.54) is 0 Å². The number of hydrogen-bond acceptors (Lipinski definition) is 1. The molecule has 2 aromatic rings. The van der Waals surface area contributed by atoms with Gasteiger partial charge >= 0.3 is 0 Å². The molecular weight excluding hydrogens is 349 g/mol. The molecule has 0 radical (unpaired) electrons. The number of benzene rings is 2. The van der Waals surface area contributed by atoms with E-state index < -0.39 is 0 Å².